The number of pyridine rings is 1. The van der Waals surface area contributed by atoms with Crippen LogP contribution in [0.5, 0.6) is 5.75 Å². The molecule has 0 spiro atoms. The molecule has 164 valence electrons. The summed E-state index contributed by atoms with van der Waals surface area (Å²) in [6.45, 7) is 2.14. The maximum atomic E-state index is 12.8. The number of hydrogen-bond donors (Lipinski definition) is 2. The average Bonchev–Trinajstić information content (AvgIpc) is 2.75. The SMILES string of the molecule is Cl.Cl.O=C(Nc1ccccc1OCCc1ccccn1)[C@H]1CC[C@H]2OCCN[C@@H]2C1. The van der Waals surface area contributed by atoms with E-state index in [0.717, 1.165) is 50.2 Å². The van der Waals surface area contributed by atoms with Crippen LogP contribution >= 0.6 is 24.8 Å². The van der Waals surface area contributed by atoms with Crippen LogP contribution in [-0.2, 0) is 16.0 Å². The van der Waals surface area contributed by atoms with E-state index in [1.54, 1.807) is 6.20 Å². The van der Waals surface area contributed by atoms with E-state index in [4.69, 9.17) is 9.47 Å². The summed E-state index contributed by atoms with van der Waals surface area (Å²) in [6, 6.07) is 13.7. The number of nitrogens with one attached hydrogen (secondary N) is 2. The second-order valence-corrected chi connectivity index (χ2v) is 7.38. The Hall–Kier alpha value is -1.86. The number of morpholine rings is 1. The van der Waals surface area contributed by atoms with Crippen LogP contribution < -0.4 is 15.4 Å². The first-order valence-electron chi connectivity index (χ1n) is 10.1. The van der Waals surface area contributed by atoms with Crippen molar-refractivity contribution in [2.45, 2.75) is 37.8 Å². The Bertz CT molecular complexity index is 794. The molecule has 1 saturated carbocycles. The van der Waals surface area contributed by atoms with Gasteiger partial charge >= 0.3 is 0 Å². The molecule has 1 aromatic heterocycles. The summed E-state index contributed by atoms with van der Waals surface area (Å²) in [6.07, 6.45) is 5.36. The lowest BCUT2D eigenvalue weighted by atomic mass is 9.82. The van der Waals surface area contributed by atoms with Crippen molar-refractivity contribution < 1.29 is 14.3 Å². The highest BCUT2D eigenvalue weighted by Gasteiger charge is 2.36. The fraction of sp³-hybridized carbons (Fsp3) is 0.455. The monoisotopic (exact) mass is 453 g/mol. The molecule has 0 radical (unpaired) electrons. The number of anilines is 1. The van der Waals surface area contributed by atoms with E-state index >= 15 is 0 Å². The number of fused-ring (bicyclic) bond motifs is 1. The lowest BCUT2D eigenvalue weighted by molar-refractivity contribution is -0.123. The molecule has 2 heterocycles. The fourth-order valence-electron chi connectivity index (χ4n) is 3.99. The van der Waals surface area contributed by atoms with E-state index in [-0.39, 0.29) is 48.8 Å². The number of aromatic nitrogens is 1. The quantitative estimate of drug-likeness (QED) is 0.698. The molecule has 2 aromatic rings. The van der Waals surface area contributed by atoms with Gasteiger partial charge in [-0.2, -0.15) is 0 Å². The first-order valence-corrected chi connectivity index (χ1v) is 10.1. The zero-order valence-electron chi connectivity index (χ0n) is 16.8. The van der Waals surface area contributed by atoms with Gasteiger partial charge in [0.2, 0.25) is 5.91 Å². The van der Waals surface area contributed by atoms with E-state index < -0.39 is 0 Å². The van der Waals surface area contributed by atoms with Gasteiger partial charge in [-0.1, -0.05) is 18.2 Å². The molecule has 6 nitrogen and oxygen atoms in total. The van der Waals surface area contributed by atoms with Gasteiger partial charge in [-0.05, 0) is 43.5 Å². The number of carbonyl (C=O) groups is 1. The van der Waals surface area contributed by atoms with Crippen LogP contribution in [0.15, 0.2) is 48.7 Å². The van der Waals surface area contributed by atoms with Gasteiger partial charge in [0.1, 0.15) is 5.75 Å². The molecule has 2 aliphatic rings. The van der Waals surface area contributed by atoms with Crippen LogP contribution in [0.1, 0.15) is 25.0 Å². The van der Waals surface area contributed by atoms with Crippen molar-refractivity contribution in [2.75, 3.05) is 25.1 Å². The van der Waals surface area contributed by atoms with Crippen molar-refractivity contribution in [1.82, 2.24) is 10.3 Å². The molecule has 1 aliphatic carbocycles. The number of halogens is 2. The molecule has 0 bridgehead atoms. The highest BCUT2D eigenvalue weighted by molar-refractivity contribution is 5.94. The summed E-state index contributed by atoms with van der Waals surface area (Å²) in [5, 5.41) is 6.57. The minimum absolute atomic E-state index is 0. The summed E-state index contributed by atoms with van der Waals surface area (Å²) in [4.78, 5) is 17.2. The van der Waals surface area contributed by atoms with E-state index in [2.05, 4.69) is 15.6 Å². The number of amides is 1. The number of para-hydroxylation sites is 2. The first-order chi connectivity index (χ1) is 13.8. The van der Waals surface area contributed by atoms with Crippen LogP contribution in [-0.4, -0.2) is 42.8 Å². The third-order valence-corrected chi connectivity index (χ3v) is 5.49. The van der Waals surface area contributed by atoms with E-state index in [0.29, 0.717) is 12.4 Å². The molecule has 1 amide bonds. The molecular formula is C22H29Cl2N3O3. The number of nitrogens with zero attached hydrogens (tertiary/aromatic N) is 1. The number of carbonyl (C=O) groups excluding carboxylic acids is 1. The second kappa shape index (κ2) is 12.1. The number of rotatable bonds is 6. The summed E-state index contributed by atoms with van der Waals surface area (Å²) in [5.41, 5.74) is 1.71. The van der Waals surface area contributed by atoms with Crippen molar-refractivity contribution >= 4 is 36.4 Å². The highest BCUT2D eigenvalue weighted by Crippen LogP contribution is 2.31. The van der Waals surface area contributed by atoms with Gasteiger partial charge in [0.25, 0.3) is 0 Å². The number of benzene rings is 1. The summed E-state index contributed by atoms with van der Waals surface area (Å²) in [5.74, 6) is 0.753. The molecule has 8 heteroatoms. The van der Waals surface area contributed by atoms with E-state index in [1.165, 1.54) is 0 Å². The average molecular weight is 454 g/mol. The fourth-order valence-corrected chi connectivity index (χ4v) is 3.99. The molecular weight excluding hydrogens is 425 g/mol. The Morgan fingerprint density at radius 3 is 2.83 bits per heavy atom. The van der Waals surface area contributed by atoms with Gasteiger partial charge < -0.3 is 20.1 Å². The summed E-state index contributed by atoms with van der Waals surface area (Å²) < 4.78 is 11.7. The van der Waals surface area contributed by atoms with Gasteiger partial charge in [0.05, 0.1) is 25.0 Å². The molecule has 2 fully saturated rings. The predicted octanol–water partition coefficient (Wildman–Crippen LogP) is 3.64. The minimum atomic E-state index is -0.00275. The number of hydrogen-bond acceptors (Lipinski definition) is 5. The molecule has 1 saturated heterocycles. The minimum Gasteiger partial charge on any atom is -0.491 e. The van der Waals surface area contributed by atoms with Crippen LogP contribution in [0.2, 0.25) is 0 Å². The van der Waals surface area contributed by atoms with Gasteiger partial charge in [0, 0.05) is 36.8 Å². The Balaban J connectivity index is 0.00000160. The Morgan fingerprint density at radius 2 is 2.00 bits per heavy atom. The molecule has 1 aliphatic heterocycles. The van der Waals surface area contributed by atoms with Crippen molar-refractivity contribution in [3.8, 4) is 5.75 Å². The van der Waals surface area contributed by atoms with Gasteiger partial charge in [0.15, 0.2) is 0 Å². The lowest BCUT2D eigenvalue weighted by Crippen LogP contribution is -2.52. The van der Waals surface area contributed by atoms with Crippen LogP contribution in [0.25, 0.3) is 0 Å². The topological polar surface area (TPSA) is 72.5 Å². The van der Waals surface area contributed by atoms with Crippen molar-refractivity contribution in [3.63, 3.8) is 0 Å². The Morgan fingerprint density at radius 1 is 1.17 bits per heavy atom. The third-order valence-electron chi connectivity index (χ3n) is 5.49. The van der Waals surface area contributed by atoms with Crippen LogP contribution in [0.4, 0.5) is 5.69 Å². The molecule has 3 atom stereocenters. The zero-order chi connectivity index (χ0) is 19.2. The van der Waals surface area contributed by atoms with E-state index in [9.17, 15) is 4.79 Å². The third kappa shape index (κ3) is 6.32. The van der Waals surface area contributed by atoms with Gasteiger partial charge in [-0.15, -0.1) is 24.8 Å². The zero-order valence-corrected chi connectivity index (χ0v) is 18.4. The van der Waals surface area contributed by atoms with Crippen LogP contribution in [0.3, 0.4) is 0 Å². The maximum Gasteiger partial charge on any atom is 0.227 e. The van der Waals surface area contributed by atoms with Gasteiger partial charge in [-0.25, -0.2) is 0 Å². The van der Waals surface area contributed by atoms with Crippen molar-refractivity contribution in [3.05, 3.63) is 54.4 Å². The molecule has 0 unspecified atom stereocenters. The Labute approximate surface area is 190 Å². The molecule has 4 rings (SSSR count). The predicted molar refractivity (Wildman–Crippen MR) is 122 cm³/mol. The van der Waals surface area contributed by atoms with Crippen molar-refractivity contribution in [1.29, 1.82) is 0 Å². The lowest BCUT2D eigenvalue weighted by Gasteiger charge is -2.39. The van der Waals surface area contributed by atoms with E-state index in [1.807, 2.05) is 42.5 Å². The Kier molecular flexibility index (Phi) is 9.85. The molecule has 2 N–H and O–H groups in total. The standard InChI is InChI=1S/C22H27N3O3.2ClH/c26-22(16-8-9-21-19(15-16)24-12-14-28-21)25-18-6-1-2-7-20(18)27-13-10-17-5-3-4-11-23-17;;/h1-7,11,16,19,21,24H,8-10,12-15H2,(H,25,26);2*1H/t16-,19+,21+;;/m0../s1. The molecule has 1 aromatic carbocycles. The summed E-state index contributed by atoms with van der Waals surface area (Å²) >= 11 is 0. The summed E-state index contributed by atoms with van der Waals surface area (Å²) in [7, 11) is 0. The van der Waals surface area contributed by atoms with Crippen LogP contribution in [0, 0.1) is 5.92 Å². The van der Waals surface area contributed by atoms with Gasteiger partial charge in [-0.3, -0.25) is 9.78 Å². The first kappa shape index (κ1) is 24.4. The second-order valence-electron chi connectivity index (χ2n) is 7.38. The van der Waals surface area contributed by atoms with Crippen molar-refractivity contribution in [2.24, 2.45) is 5.92 Å². The maximum absolute atomic E-state index is 12.8. The molecule has 30 heavy (non-hydrogen) atoms. The largest absolute Gasteiger partial charge is 0.491 e. The smallest absolute Gasteiger partial charge is 0.227 e. The highest BCUT2D eigenvalue weighted by atomic mass is 35.5. The number of ether oxygens (including phenoxy) is 2. The normalized spacial score (nSPS) is 22.6.